The second kappa shape index (κ2) is 10.4. The van der Waals surface area contributed by atoms with Crippen molar-refractivity contribution < 1.29 is 27.9 Å². The van der Waals surface area contributed by atoms with E-state index in [4.69, 9.17) is 11.6 Å². The summed E-state index contributed by atoms with van der Waals surface area (Å²) in [6.07, 6.45) is 0.0738. The highest BCUT2D eigenvalue weighted by atomic mass is 35.5. The average Bonchev–Trinajstić information content (AvgIpc) is 2.80. The molecule has 11 heteroatoms. The summed E-state index contributed by atoms with van der Waals surface area (Å²) in [6.45, 7) is 2.86. The van der Waals surface area contributed by atoms with Gasteiger partial charge in [-0.2, -0.15) is 13.2 Å². The number of nitrogens with one attached hydrogen (secondary N) is 2. The molecule has 0 bridgehead atoms. The first kappa shape index (κ1) is 26.4. The summed E-state index contributed by atoms with van der Waals surface area (Å²) in [6, 6.07) is 6.54. The number of aliphatic hydroxyl groups is 1. The van der Waals surface area contributed by atoms with Gasteiger partial charge < -0.3 is 15.7 Å². The van der Waals surface area contributed by atoms with Crippen molar-refractivity contribution in [3.63, 3.8) is 0 Å². The molecule has 4 rings (SSSR count). The first-order valence-corrected chi connectivity index (χ1v) is 12.2. The molecule has 36 heavy (non-hydrogen) atoms. The maximum Gasteiger partial charge on any atom is 0.416 e. The van der Waals surface area contributed by atoms with Gasteiger partial charge in [0.1, 0.15) is 0 Å². The molecule has 1 aromatic heterocycles. The molecule has 2 heterocycles. The molecule has 7 nitrogen and oxygen atoms in total. The predicted molar refractivity (Wildman–Crippen MR) is 127 cm³/mol. The number of aryl methyl sites for hydroxylation is 1. The normalized spacial score (nSPS) is 23.1. The van der Waals surface area contributed by atoms with Gasteiger partial charge in [0.2, 0.25) is 5.91 Å². The molecular weight excluding hydrogens is 497 g/mol. The van der Waals surface area contributed by atoms with Crippen LogP contribution < -0.4 is 10.6 Å². The van der Waals surface area contributed by atoms with Gasteiger partial charge in [-0.3, -0.25) is 19.5 Å². The predicted octanol–water partition coefficient (Wildman–Crippen LogP) is 3.42. The van der Waals surface area contributed by atoms with Gasteiger partial charge in [-0.15, -0.1) is 0 Å². The number of likely N-dealkylation sites (tertiary alicyclic amines) is 1. The zero-order valence-electron chi connectivity index (χ0n) is 19.7. The number of aromatic nitrogens is 1. The summed E-state index contributed by atoms with van der Waals surface area (Å²) in [5, 5.41) is 16.1. The highest BCUT2D eigenvalue weighted by molar-refractivity contribution is 6.33. The second-order valence-corrected chi connectivity index (χ2v) is 9.95. The van der Waals surface area contributed by atoms with Crippen LogP contribution in [0.2, 0.25) is 5.02 Å². The molecule has 2 aliphatic rings. The molecule has 3 N–H and O–H groups in total. The van der Waals surface area contributed by atoms with Crippen molar-refractivity contribution in [3.8, 4) is 0 Å². The number of rotatable bonds is 6. The molecule has 1 aromatic carbocycles. The first-order chi connectivity index (χ1) is 16.9. The molecule has 0 radical (unpaired) electrons. The fourth-order valence-corrected chi connectivity index (χ4v) is 4.99. The second-order valence-electron chi connectivity index (χ2n) is 9.54. The topological polar surface area (TPSA) is 94.6 Å². The number of amides is 2. The van der Waals surface area contributed by atoms with Crippen LogP contribution in [0.1, 0.15) is 52.9 Å². The van der Waals surface area contributed by atoms with E-state index < -0.39 is 29.2 Å². The Morgan fingerprint density at radius 2 is 1.89 bits per heavy atom. The van der Waals surface area contributed by atoms with Crippen molar-refractivity contribution in [2.24, 2.45) is 0 Å². The molecule has 2 fully saturated rings. The molecule has 0 atom stereocenters. The van der Waals surface area contributed by atoms with E-state index in [-0.39, 0.29) is 23.2 Å². The van der Waals surface area contributed by atoms with Crippen LogP contribution in [0.25, 0.3) is 0 Å². The highest BCUT2D eigenvalue weighted by Gasteiger charge is 2.40. The van der Waals surface area contributed by atoms with E-state index in [0.717, 1.165) is 36.2 Å². The zero-order chi connectivity index (χ0) is 26.1. The molecular formula is C25H28ClF3N4O3. The van der Waals surface area contributed by atoms with E-state index in [1.54, 1.807) is 6.20 Å². The maximum absolute atomic E-state index is 12.9. The molecule has 1 saturated carbocycles. The minimum Gasteiger partial charge on any atom is -0.385 e. The quantitative estimate of drug-likeness (QED) is 0.538. The van der Waals surface area contributed by atoms with Gasteiger partial charge in [0, 0.05) is 36.6 Å². The van der Waals surface area contributed by atoms with Gasteiger partial charge in [0.15, 0.2) is 0 Å². The smallest absolute Gasteiger partial charge is 0.385 e. The Bertz CT molecular complexity index is 1110. The van der Waals surface area contributed by atoms with Crippen molar-refractivity contribution in [1.82, 2.24) is 20.5 Å². The van der Waals surface area contributed by atoms with Crippen molar-refractivity contribution in [1.29, 1.82) is 0 Å². The summed E-state index contributed by atoms with van der Waals surface area (Å²) < 4.78 is 38.7. The van der Waals surface area contributed by atoms with E-state index in [9.17, 15) is 27.9 Å². The van der Waals surface area contributed by atoms with Crippen LogP contribution >= 0.6 is 11.6 Å². The fraction of sp³-hybridized carbons (Fsp3) is 0.480. The van der Waals surface area contributed by atoms with Gasteiger partial charge in [-0.1, -0.05) is 17.7 Å². The molecule has 1 saturated heterocycles. The van der Waals surface area contributed by atoms with E-state index in [1.807, 2.05) is 19.1 Å². The van der Waals surface area contributed by atoms with E-state index >= 15 is 0 Å². The number of alkyl halides is 3. The van der Waals surface area contributed by atoms with Crippen LogP contribution in [0.5, 0.6) is 0 Å². The highest BCUT2D eigenvalue weighted by Crippen LogP contribution is 2.39. The van der Waals surface area contributed by atoms with Crippen LogP contribution in [0, 0.1) is 6.92 Å². The minimum absolute atomic E-state index is 0.0753. The molecule has 2 aromatic rings. The van der Waals surface area contributed by atoms with Gasteiger partial charge in [0.05, 0.1) is 34.3 Å². The average molecular weight is 525 g/mol. The van der Waals surface area contributed by atoms with Gasteiger partial charge in [0.25, 0.3) is 5.91 Å². The van der Waals surface area contributed by atoms with Crippen LogP contribution in [-0.2, 0) is 16.6 Å². The van der Waals surface area contributed by atoms with E-state index in [2.05, 4.69) is 20.5 Å². The van der Waals surface area contributed by atoms with Crippen molar-refractivity contribution >= 4 is 23.4 Å². The lowest BCUT2D eigenvalue weighted by molar-refractivity contribution is -0.137. The standard InChI is InChI=1S/C25H28ClF3N4O3/c1-15-2-3-17(11-30-15)24(36)8-6-19(7-9-24)33-13-18(14-33)32-22(34)12-31-23(35)20-10-16(25(27,28)29)4-5-21(20)26/h2-5,10-11,18-19,36H,6-9,12-14H2,1H3,(H,31,35)(H,32,34)/t19-,24-. The van der Waals surface area contributed by atoms with Crippen LogP contribution in [0.3, 0.4) is 0 Å². The summed E-state index contributed by atoms with van der Waals surface area (Å²) in [4.78, 5) is 31.1. The third-order valence-electron chi connectivity index (χ3n) is 6.97. The van der Waals surface area contributed by atoms with E-state index in [1.165, 1.54) is 0 Å². The molecule has 0 spiro atoms. The Kier molecular flexibility index (Phi) is 7.59. The largest absolute Gasteiger partial charge is 0.416 e. The summed E-state index contributed by atoms with van der Waals surface area (Å²) in [7, 11) is 0. The monoisotopic (exact) mass is 524 g/mol. The van der Waals surface area contributed by atoms with Crippen molar-refractivity contribution in [3.05, 3.63) is 63.9 Å². The SMILES string of the molecule is Cc1ccc([C@]2(O)CC[C@H](N3CC(NC(=O)CNC(=O)c4cc(C(F)(F)F)ccc4Cl)C3)CC2)cn1. The number of hydrogen-bond donors (Lipinski definition) is 3. The molecule has 2 amide bonds. The maximum atomic E-state index is 12.9. The van der Waals surface area contributed by atoms with Crippen molar-refractivity contribution in [2.75, 3.05) is 19.6 Å². The molecule has 194 valence electrons. The van der Waals surface area contributed by atoms with Crippen molar-refractivity contribution in [2.45, 2.75) is 56.5 Å². The van der Waals surface area contributed by atoms with Gasteiger partial charge in [-0.25, -0.2) is 0 Å². The van der Waals surface area contributed by atoms with Crippen LogP contribution in [0.4, 0.5) is 13.2 Å². The summed E-state index contributed by atoms with van der Waals surface area (Å²) in [5.41, 5.74) is -0.450. The number of pyridine rings is 1. The zero-order valence-corrected chi connectivity index (χ0v) is 20.5. The number of halogens is 4. The summed E-state index contributed by atoms with van der Waals surface area (Å²) >= 11 is 5.87. The summed E-state index contributed by atoms with van der Waals surface area (Å²) in [5.74, 6) is -1.28. The Hall–Kier alpha value is -2.69. The lowest BCUT2D eigenvalue weighted by Crippen LogP contribution is -2.63. The Morgan fingerprint density at radius 3 is 2.50 bits per heavy atom. The number of hydrogen-bond acceptors (Lipinski definition) is 5. The fourth-order valence-electron chi connectivity index (χ4n) is 4.79. The molecule has 1 aliphatic carbocycles. The number of carbonyl (C=O) groups is 2. The minimum atomic E-state index is -4.61. The third kappa shape index (κ3) is 5.99. The first-order valence-electron chi connectivity index (χ1n) is 11.8. The number of nitrogens with zero attached hydrogens (tertiary/aromatic N) is 2. The van der Waals surface area contributed by atoms with Crippen LogP contribution in [0.15, 0.2) is 36.5 Å². The number of benzene rings is 1. The molecule has 1 aliphatic heterocycles. The Labute approximate surface area is 212 Å². The lowest BCUT2D eigenvalue weighted by atomic mass is 9.77. The van der Waals surface area contributed by atoms with Gasteiger partial charge in [-0.05, 0) is 56.9 Å². The lowest BCUT2D eigenvalue weighted by Gasteiger charge is -2.48. The third-order valence-corrected chi connectivity index (χ3v) is 7.30. The van der Waals surface area contributed by atoms with Crippen LogP contribution in [-0.4, -0.2) is 58.5 Å². The Balaban J connectivity index is 1.20. The number of carbonyl (C=O) groups excluding carboxylic acids is 2. The Morgan fingerprint density at radius 1 is 1.19 bits per heavy atom. The molecule has 0 unspecified atom stereocenters. The van der Waals surface area contributed by atoms with Gasteiger partial charge >= 0.3 is 6.18 Å². The van der Waals surface area contributed by atoms with E-state index in [0.29, 0.717) is 38.0 Å².